The van der Waals surface area contributed by atoms with E-state index in [1.54, 1.807) is 18.2 Å². The number of halogens is 3. The van der Waals surface area contributed by atoms with Gasteiger partial charge in [-0.05, 0) is 54.7 Å². The highest BCUT2D eigenvalue weighted by atomic mass is 35.5. The number of carbonyl (C=O) groups excluding carboxylic acids is 2. The molecule has 4 rings (SSSR count). The molecule has 0 radical (unpaired) electrons. The fourth-order valence-electron chi connectivity index (χ4n) is 4.42. The monoisotopic (exact) mass is 446 g/mol. The van der Waals surface area contributed by atoms with E-state index in [4.69, 9.17) is 23.2 Å². The van der Waals surface area contributed by atoms with Gasteiger partial charge in [-0.3, -0.25) is 9.59 Å². The molecule has 30 heavy (non-hydrogen) atoms. The molecule has 2 aliphatic rings. The second-order valence-electron chi connectivity index (χ2n) is 8.12. The van der Waals surface area contributed by atoms with Gasteiger partial charge in [-0.2, -0.15) is 0 Å². The molecule has 2 aromatic rings. The number of likely N-dealkylation sites (tertiary alicyclic amines) is 1. The Balaban J connectivity index is 1.86. The standard InChI is InChI=1S/C23H21Cl2FN2O2/c1-13-9-14(2)12-27(11-13)21-20(18-8-3-15(24)10-19(18)25)22(29)28(23(21)30)17-6-4-16(26)5-7-17/h3-8,10,13-14H,9,11-12H2,1-2H3. The number of nitrogens with zero attached hydrogens (tertiary/aromatic N) is 2. The quantitative estimate of drug-likeness (QED) is 0.592. The van der Waals surface area contributed by atoms with Gasteiger partial charge in [0.2, 0.25) is 0 Å². The molecule has 2 atom stereocenters. The number of benzene rings is 2. The van der Waals surface area contributed by atoms with Crippen molar-refractivity contribution in [2.24, 2.45) is 11.8 Å². The Kier molecular flexibility index (Phi) is 5.60. The second kappa shape index (κ2) is 8.05. The van der Waals surface area contributed by atoms with E-state index < -0.39 is 17.6 Å². The molecule has 0 aliphatic carbocycles. The van der Waals surface area contributed by atoms with E-state index >= 15 is 0 Å². The van der Waals surface area contributed by atoms with Crippen LogP contribution in [0.25, 0.3) is 5.57 Å². The highest BCUT2D eigenvalue weighted by Gasteiger charge is 2.44. The summed E-state index contributed by atoms with van der Waals surface area (Å²) in [6.07, 6.45) is 1.06. The highest BCUT2D eigenvalue weighted by molar-refractivity contribution is 6.47. The zero-order valence-corrected chi connectivity index (χ0v) is 18.2. The minimum atomic E-state index is -0.475. The van der Waals surface area contributed by atoms with Crippen molar-refractivity contribution in [3.8, 4) is 0 Å². The van der Waals surface area contributed by atoms with Gasteiger partial charge in [0, 0.05) is 23.7 Å². The van der Waals surface area contributed by atoms with Crippen LogP contribution >= 0.6 is 23.2 Å². The normalized spacial score (nSPS) is 22.3. The number of hydrogen-bond acceptors (Lipinski definition) is 3. The summed E-state index contributed by atoms with van der Waals surface area (Å²) in [7, 11) is 0. The molecule has 156 valence electrons. The first-order chi connectivity index (χ1) is 14.3. The molecule has 2 unspecified atom stereocenters. The molecule has 2 amide bonds. The summed E-state index contributed by atoms with van der Waals surface area (Å²) in [6, 6.07) is 10.2. The van der Waals surface area contributed by atoms with E-state index in [1.165, 1.54) is 24.3 Å². The third kappa shape index (κ3) is 3.72. The second-order valence-corrected chi connectivity index (χ2v) is 8.96. The molecular formula is C23H21Cl2FN2O2. The first-order valence-electron chi connectivity index (χ1n) is 9.85. The van der Waals surface area contributed by atoms with Crippen LogP contribution in [0.1, 0.15) is 25.8 Å². The molecular weight excluding hydrogens is 426 g/mol. The fourth-order valence-corrected chi connectivity index (χ4v) is 4.92. The Morgan fingerprint density at radius 2 is 1.57 bits per heavy atom. The van der Waals surface area contributed by atoms with Gasteiger partial charge in [0.05, 0.1) is 16.3 Å². The van der Waals surface area contributed by atoms with Crippen molar-refractivity contribution in [3.63, 3.8) is 0 Å². The van der Waals surface area contributed by atoms with Crippen molar-refractivity contribution < 1.29 is 14.0 Å². The van der Waals surface area contributed by atoms with Crippen LogP contribution < -0.4 is 4.90 Å². The fraction of sp³-hybridized carbons (Fsp3) is 0.304. The molecule has 0 spiro atoms. The number of piperidine rings is 1. The van der Waals surface area contributed by atoms with Gasteiger partial charge in [-0.1, -0.05) is 43.1 Å². The summed E-state index contributed by atoms with van der Waals surface area (Å²) in [5.74, 6) is -0.576. The third-order valence-electron chi connectivity index (χ3n) is 5.53. The molecule has 1 fully saturated rings. The predicted molar refractivity (Wildman–Crippen MR) is 117 cm³/mol. The summed E-state index contributed by atoms with van der Waals surface area (Å²) in [5.41, 5.74) is 1.38. The smallest absolute Gasteiger partial charge is 0.282 e. The molecule has 0 saturated carbocycles. The van der Waals surface area contributed by atoms with Crippen molar-refractivity contribution in [1.29, 1.82) is 0 Å². The molecule has 0 aromatic heterocycles. The van der Waals surface area contributed by atoms with Gasteiger partial charge < -0.3 is 4.90 Å². The van der Waals surface area contributed by atoms with E-state index in [0.29, 0.717) is 51.9 Å². The maximum absolute atomic E-state index is 13.5. The molecule has 7 heteroatoms. The Morgan fingerprint density at radius 3 is 2.17 bits per heavy atom. The number of hydrogen-bond donors (Lipinski definition) is 0. The lowest BCUT2D eigenvalue weighted by Crippen LogP contribution is -2.42. The Morgan fingerprint density at radius 1 is 0.933 bits per heavy atom. The molecule has 0 N–H and O–H groups in total. The summed E-state index contributed by atoms with van der Waals surface area (Å²) in [6.45, 7) is 5.61. The number of imide groups is 1. The summed E-state index contributed by atoms with van der Waals surface area (Å²) in [4.78, 5) is 30.1. The Bertz CT molecular complexity index is 1040. The highest BCUT2D eigenvalue weighted by Crippen LogP contribution is 2.39. The molecule has 2 heterocycles. The number of carbonyl (C=O) groups is 2. The van der Waals surface area contributed by atoms with Crippen molar-refractivity contribution in [3.05, 3.63) is 69.6 Å². The van der Waals surface area contributed by atoms with Crippen LogP contribution in [0, 0.1) is 17.7 Å². The first kappa shape index (κ1) is 20.9. The van der Waals surface area contributed by atoms with Crippen LogP contribution in [-0.2, 0) is 9.59 Å². The lowest BCUT2D eigenvalue weighted by Gasteiger charge is -2.37. The summed E-state index contributed by atoms with van der Waals surface area (Å²) >= 11 is 12.5. The van der Waals surface area contributed by atoms with Crippen LogP contribution in [0.4, 0.5) is 10.1 Å². The van der Waals surface area contributed by atoms with Crippen molar-refractivity contribution in [2.45, 2.75) is 20.3 Å². The largest absolute Gasteiger partial charge is 0.366 e. The first-order valence-corrected chi connectivity index (χ1v) is 10.6. The topological polar surface area (TPSA) is 40.6 Å². The lowest BCUT2D eigenvalue weighted by molar-refractivity contribution is -0.120. The van der Waals surface area contributed by atoms with Crippen LogP contribution in [-0.4, -0.2) is 29.8 Å². The average Bonchev–Trinajstić information content (AvgIpc) is 2.92. The summed E-state index contributed by atoms with van der Waals surface area (Å²) in [5, 5.41) is 0.744. The molecule has 2 aliphatic heterocycles. The minimum Gasteiger partial charge on any atom is -0.366 e. The molecule has 4 nitrogen and oxygen atoms in total. The van der Waals surface area contributed by atoms with Gasteiger partial charge in [0.1, 0.15) is 11.5 Å². The van der Waals surface area contributed by atoms with E-state index in [1.807, 2.05) is 4.90 Å². The van der Waals surface area contributed by atoms with E-state index in [9.17, 15) is 14.0 Å². The predicted octanol–water partition coefficient (Wildman–Crippen LogP) is 5.39. The average molecular weight is 447 g/mol. The Hall–Kier alpha value is -2.37. The van der Waals surface area contributed by atoms with Crippen LogP contribution in [0.5, 0.6) is 0 Å². The number of rotatable bonds is 3. The van der Waals surface area contributed by atoms with Crippen LogP contribution in [0.3, 0.4) is 0 Å². The lowest BCUT2D eigenvalue weighted by atomic mass is 9.91. The number of anilines is 1. The Labute approximate surface area is 184 Å². The molecule has 1 saturated heterocycles. The van der Waals surface area contributed by atoms with Gasteiger partial charge in [-0.15, -0.1) is 0 Å². The van der Waals surface area contributed by atoms with E-state index in [-0.39, 0.29) is 5.57 Å². The van der Waals surface area contributed by atoms with Gasteiger partial charge >= 0.3 is 0 Å². The van der Waals surface area contributed by atoms with Crippen molar-refractivity contribution in [2.75, 3.05) is 18.0 Å². The van der Waals surface area contributed by atoms with Crippen molar-refractivity contribution in [1.82, 2.24) is 4.90 Å². The van der Waals surface area contributed by atoms with E-state index in [2.05, 4.69) is 13.8 Å². The van der Waals surface area contributed by atoms with Crippen molar-refractivity contribution >= 4 is 46.3 Å². The van der Waals surface area contributed by atoms with E-state index in [0.717, 1.165) is 11.3 Å². The maximum atomic E-state index is 13.5. The number of amides is 2. The SMILES string of the molecule is CC1CC(C)CN(C2=C(c3ccc(Cl)cc3Cl)C(=O)N(c3ccc(F)cc3)C2=O)C1. The van der Waals surface area contributed by atoms with Crippen LogP contribution in [0.2, 0.25) is 10.0 Å². The molecule has 2 aromatic carbocycles. The zero-order valence-electron chi connectivity index (χ0n) is 16.7. The third-order valence-corrected chi connectivity index (χ3v) is 6.08. The van der Waals surface area contributed by atoms with Gasteiger partial charge in [0.15, 0.2) is 0 Å². The van der Waals surface area contributed by atoms with Gasteiger partial charge in [0.25, 0.3) is 11.8 Å². The maximum Gasteiger partial charge on any atom is 0.282 e. The zero-order chi connectivity index (χ0) is 21.6. The molecule has 0 bridgehead atoms. The summed E-state index contributed by atoms with van der Waals surface area (Å²) < 4.78 is 13.4. The van der Waals surface area contributed by atoms with Gasteiger partial charge in [-0.25, -0.2) is 9.29 Å². The minimum absolute atomic E-state index is 0.257. The van der Waals surface area contributed by atoms with Crippen LogP contribution in [0.15, 0.2) is 48.2 Å².